The molecule has 0 aliphatic carbocycles. The van der Waals surface area contributed by atoms with Gasteiger partial charge in [0.2, 0.25) is 21.9 Å². The second kappa shape index (κ2) is 10.1. The van der Waals surface area contributed by atoms with Crippen molar-refractivity contribution in [3.8, 4) is 17.0 Å². The molecule has 0 bridgehead atoms. The van der Waals surface area contributed by atoms with E-state index in [1.807, 2.05) is 54.6 Å². The molecule has 1 amide bonds. The molecule has 0 unspecified atom stereocenters. The number of anilines is 3. The number of amides is 1. The van der Waals surface area contributed by atoms with E-state index in [-0.39, 0.29) is 30.4 Å². The average Bonchev–Trinajstić information content (AvgIpc) is 3.03. The minimum absolute atomic E-state index is 0.123. The molecule has 2 heterocycles. The SMILES string of the molecule is O=C1Cc2cnc(Nc3ccc(S(=O)(=O)NCCOc4ccccc4)cc3)nc2-c2ccccc2N1. The number of nitrogens with one attached hydrogen (secondary N) is 3. The van der Waals surface area contributed by atoms with Crippen LogP contribution in [-0.4, -0.2) is 37.4 Å². The lowest BCUT2D eigenvalue weighted by molar-refractivity contribution is -0.115. The maximum Gasteiger partial charge on any atom is 0.240 e. The number of aromatic nitrogens is 2. The molecule has 10 heteroatoms. The minimum Gasteiger partial charge on any atom is -0.492 e. The zero-order valence-electron chi connectivity index (χ0n) is 19.1. The Morgan fingerprint density at radius 3 is 2.50 bits per heavy atom. The molecule has 4 aromatic rings. The van der Waals surface area contributed by atoms with Crippen LogP contribution in [0.4, 0.5) is 17.3 Å². The van der Waals surface area contributed by atoms with Crippen molar-refractivity contribution in [1.82, 2.24) is 14.7 Å². The third-order valence-corrected chi connectivity index (χ3v) is 6.98. The van der Waals surface area contributed by atoms with Gasteiger partial charge in [-0.3, -0.25) is 4.79 Å². The molecule has 36 heavy (non-hydrogen) atoms. The number of nitrogens with zero attached hydrogens (tertiary/aromatic N) is 2. The highest BCUT2D eigenvalue weighted by Gasteiger charge is 2.21. The van der Waals surface area contributed by atoms with Gasteiger partial charge in [-0.2, -0.15) is 0 Å². The second-order valence-corrected chi connectivity index (χ2v) is 9.81. The number of benzene rings is 3. The lowest BCUT2D eigenvalue weighted by atomic mass is 10.1. The van der Waals surface area contributed by atoms with Crippen molar-refractivity contribution < 1.29 is 17.9 Å². The molecule has 0 atom stereocenters. The molecule has 0 radical (unpaired) electrons. The van der Waals surface area contributed by atoms with Crippen molar-refractivity contribution in [3.63, 3.8) is 0 Å². The molecule has 0 saturated carbocycles. The molecule has 0 spiro atoms. The van der Waals surface area contributed by atoms with E-state index in [1.54, 1.807) is 18.3 Å². The lowest BCUT2D eigenvalue weighted by Crippen LogP contribution is -2.28. The van der Waals surface area contributed by atoms with Crippen LogP contribution in [0.3, 0.4) is 0 Å². The number of hydrogen-bond donors (Lipinski definition) is 3. The molecular weight excluding hydrogens is 478 g/mol. The standard InChI is InChI=1S/C26H23N5O4S/c32-24-16-18-17-27-26(31-25(18)22-8-4-5-9-23(22)30-24)29-19-10-12-21(13-11-19)36(33,34)28-14-15-35-20-6-2-1-3-7-20/h1-13,17,28H,14-16H2,(H,30,32)(H,27,29,31). The summed E-state index contributed by atoms with van der Waals surface area (Å²) in [5, 5.41) is 5.99. The highest BCUT2D eigenvalue weighted by molar-refractivity contribution is 7.89. The van der Waals surface area contributed by atoms with E-state index < -0.39 is 10.0 Å². The fourth-order valence-electron chi connectivity index (χ4n) is 3.79. The van der Waals surface area contributed by atoms with Gasteiger partial charge in [0, 0.05) is 29.6 Å². The zero-order chi connectivity index (χ0) is 25.0. The van der Waals surface area contributed by atoms with Gasteiger partial charge in [0.25, 0.3) is 0 Å². The number of ether oxygens (including phenoxy) is 1. The summed E-state index contributed by atoms with van der Waals surface area (Å²) in [5.74, 6) is 0.894. The molecule has 5 rings (SSSR count). The Balaban J connectivity index is 1.25. The summed E-state index contributed by atoms with van der Waals surface area (Å²) in [6, 6.07) is 23.0. The Kier molecular flexibility index (Phi) is 6.61. The van der Waals surface area contributed by atoms with Crippen molar-refractivity contribution in [3.05, 3.63) is 90.6 Å². The third kappa shape index (κ3) is 5.35. The molecule has 0 fully saturated rings. The van der Waals surface area contributed by atoms with Crippen LogP contribution in [-0.2, 0) is 21.2 Å². The molecule has 3 N–H and O–H groups in total. The largest absolute Gasteiger partial charge is 0.492 e. The van der Waals surface area contributed by atoms with Crippen LogP contribution in [0.5, 0.6) is 5.75 Å². The van der Waals surface area contributed by atoms with E-state index in [1.165, 1.54) is 12.1 Å². The van der Waals surface area contributed by atoms with Gasteiger partial charge in [-0.25, -0.2) is 23.1 Å². The van der Waals surface area contributed by atoms with Gasteiger partial charge in [0.05, 0.1) is 22.7 Å². The smallest absolute Gasteiger partial charge is 0.240 e. The summed E-state index contributed by atoms with van der Waals surface area (Å²) in [6.07, 6.45) is 1.81. The fraction of sp³-hybridized carbons (Fsp3) is 0.115. The van der Waals surface area contributed by atoms with E-state index in [9.17, 15) is 13.2 Å². The predicted molar refractivity (Wildman–Crippen MR) is 137 cm³/mol. The van der Waals surface area contributed by atoms with E-state index in [2.05, 4.69) is 25.3 Å². The Hall–Kier alpha value is -4.28. The fourth-order valence-corrected chi connectivity index (χ4v) is 4.80. The first-order chi connectivity index (χ1) is 17.5. The number of hydrogen-bond acceptors (Lipinski definition) is 7. The van der Waals surface area contributed by atoms with Crippen LogP contribution in [0.25, 0.3) is 11.3 Å². The summed E-state index contributed by atoms with van der Waals surface area (Å²) in [6.45, 7) is 0.349. The van der Waals surface area contributed by atoms with Gasteiger partial charge in [0.15, 0.2) is 0 Å². The first kappa shape index (κ1) is 23.5. The number of carbonyl (C=O) groups excluding carboxylic acids is 1. The highest BCUT2D eigenvalue weighted by atomic mass is 32.2. The van der Waals surface area contributed by atoms with Crippen LogP contribution >= 0.6 is 0 Å². The van der Waals surface area contributed by atoms with Crippen molar-refractivity contribution >= 4 is 33.3 Å². The van der Waals surface area contributed by atoms with Crippen LogP contribution < -0.4 is 20.1 Å². The van der Waals surface area contributed by atoms with E-state index in [0.29, 0.717) is 28.8 Å². The van der Waals surface area contributed by atoms with Crippen molar-refractivity contribution in [2.75, 3.05) is 23.8 Å². The summed E-state index contributed by atoms with van der Waals surface area (Å²) in [4.78, 5) is 21.3. The van der Waals surface area contributed by atoms with Gasteiger partial charge in [-0.15, -0.1) is 0 Å². The van der Waals surface area contributed by atoms with Crippen molar-refractivity contribution in [2.24, 2.45) is 0 Å². The highest BCUT2D eigenvalue weighted by Crippen LogP contribution is 2.32. The number of para-hydroxylation sites is 2. The first-order valence-electron chi connectivity index (χ1n) is 11.3. The van der Waals surface area contributed by atoms with Crippen LogP contribution in [0.2, 0.25) is 0 Å². The van der Waals surface area contributed by atoms with Gasteiger partial charge in [-0.05, 0) is 42.5 Å². The quantitative estimate of drug-likeness (QED) is 0.314. The van der Waals surface area contributed by atoms with Gasteiger partial charge >= 0.3 is 0 Å². The van der Waals surface area contributed by atoms with E-state index in [0.717, 1.165) is 11.1 Å². The summed E-state index contributed by atoms with van der Waals surface area (Å²) in [7, 11) is -3.69. The predicted octanol–water partition coefficient (Wildman–Crippen LogP) is 3.74. The van der Waals surface area contributed by atoms with E-state index in [4.69, 9.17) is 4.74 Å². The number of sulfonamides is 1. The number of carbonyl (C=O) groups is 1. The van der Waals surface area contributed by atoms with Crippen molar-refractivity contribution in [2.45, 2.75) is 11.3 Å². The molecular formula is C26H23N5O4S. The Morgan fingerprint density at radius 1 is 0.944 bits per heavy atom. The molecule has 3 aromatic carbocycles. The van der Waals surface area contributed by atoms with Crippen molar-refractivity contribution in [1.29, 1.82) is 0 Å². The minimum atomic E-state index is -3.69. The Labute approximate surface area is 208 Å². The normalized spacial score (nSPS) is 12.6. The zero-order valence-corrected chi connectivity index (χ0v) is 20.0. The van der Waals surface area contributed by atoms with Crippen LogP contribution in [0.15, 0.2) is 90.0 Å². The van der Waals surface area contributed by atoms with Gasteiger partial charge < -0.3 is 15.4 Å². The average molecular weight is 502 g/mol. The number of fused-ring (bicyclic) bond motifs is 3. The summed E-state index contributed by atoms with van der Waals surface area (Å²) < 4.78 is 33.3. The summed E-state index contributed by atoms with van der Waals surface area (Å²) >= 11 is 0. The van der Waals surface area contributed by atoms with E-state index >= 15 is 0 Å². The molecule has 0 saturated heterocycles. The maximum absolute atomic E-state index is 12.6. The molecule has 1 aromatic heterocycles. The Morgan fingerprint density at radius 2 is 1.69 bits per heavy atom. The van der Waals surface area contributed by atoms with Crippen LogP contribution in [0, 0.1) is 0 Å². The lowest BCUT2D eigenvalue weighted by Gasteiger charge is -2.11. The third-order valence-electron chi connectivity index (χ3n) is 5.50. The molecule has 1 aliphatic heterocycles. The maximum atomic E-state index is 12.6. The monoisotopic (exact) mass is 501 g/mol. The molecule has 1 aliphatic rings. The Bertz CT molecular complexity index is 1490. The number of rotatable bonds is 8. The topological polar surface area (TPSA) is 122 Å². The van der Waals surface area contributed by atoms with Gasteiger partial charge in [-0.1, -0.05) is 36.4 Å². The van der Waals surface area contributed by atoms with Gasteiger partial charge in [0.1, 0.15) is 12.4 Å². The first-order valence-corrected chi connectivity index (χ1v) is 12.8. The molecule has 182 valence electrons. The summed E-state index contributed by atoms with van der Waals surface area (Å²) in [5.41, 5.74) is 3.53. The molecule has 9 nitrogen and oxygen atoms in total. The van der Waals surface area contributed by atoms with Crippen LogP contribution in [0.1, 0.15) is 5.56 Å². The second-order valence-electron chi connectivity index (χ2n) is 8.05.